The molecule has 0 radical (unpaired) electrons. The number of hydrogen-bond acceptors (Lipinski definition) is 5. The number of nitrogens with two attached hydrogens (primary N) is 1. The number of likely N-dealkylation sites (tertiary alicyclic amines) is 1. The number of carbonyl (C=O) groups is 1. The molecule has 1 saturated heterocycles. The van der Waals surface area contributed by atoms with Crippen molar-refractivity contribution in [3.05, 3.63) is 54.0 Å². The SMILES string of the molecule is CN=C(NCc1cccc(OCC(N)=O)c1)NCC(c1ccco1)N1CCCC1. The van der Waals surface area contributed by atoms with Gasteiger partial charge in [-0.1, -0.05) is 12.1 Å². The zero-order valence-electron chi connectivity index (χ0n) is 16.8. The maximum atomic E-state index is 10.9. The van der Waals surface area contributed by atoms with E-state index in [0.29, 0.717) is 24.8 Å². The Labute approximate surface area is 171 Å². The average Bonchev–Trinajstić information content (AvgIpc) is 3.44. The van der Waals surface area contributed by atoms with Gasteiger partial charge in [-0.05, 0) is 55.8 Å². The normalized spacial score (nSPS) is 15.8. The number of aliphatic imine (C=N–C) groups is 1. The van der Waals surface area contributed by atoms with Gasteiger partial charge in [0, 0.05) is 20.1 Å². The first-order valence-electron chi connectivity index (χ1n) is 9.87. The number of nitrogens with one attached hydrogen (secondary N) is 2. The average molecular weight is 399 g/mol. The van der Waals surface area contributed by atoms with Crippen LogP contribution < -0.4 is 21.1 Å². The molecule has 4 N–H and O–H groups in total. The van der Waals surface area contributed by atoms with E-state index in [2.05, 4.69) is 20.5 Å². The summed E-state index contributed by atoms with van der Waals surface area (Å²) in [5.74, 6) is 1.79. The second kappa shape index (κ2) is 10.5. The molecule has 0 bridgehead atoms. The summed E-state index contributed by atoms with van der Waals surface area (Å²) >= 11 is 0. The molecule has 1 aromatic heterocycles. The Bertz CT molecular complexity index is 800. The van der Waals surface area contributed by atoms with Crippen LogP contribution in [0.5, 0.6) is 5.75 Å². The van der Waals surface area contributed by atoms with Gasteiger partial charge in [-0.15, -0.1) is 0 Å². The van der Waals surface area contributed by atoms with Gasteiger partial charge in [0.2, 0.25) is 0 Å². The summed E-state index contributed by atoms with van der Waals surface area (Å²) in [7, 11) is 1.75. The fourth-order valence-electron chi connectivity index (χ4n) is 3.44. The largest absolute Gasteiger partial charge is 0.484 e. The molecule has 1 aliphatic heterocycles. The number of primary amides is 1. The number of ether oxygens (including phenoxy) is 1. The van der Waals surface area contributed by atoms with Gasteiger partial charge in [0.25, 0.3) is 5.91 Å². The van der Waals surface area contributed by atoms with Crippen LogP contribution in [0.4, 0.5) is 0 Å². The second-order valence-corrected chi connectivity index (χ2v) is 6.98. The zero-order chi connectivity index (χ0) is 20.5. The Morgan fingerprint density at radius 3 is 2.79 bits per heavy atom. The van der Waals surface area contributed by atoms with Gasteiger partial charge in [-0.25, -0.2) is 0 Å². The number of hydrogen-bond donors (Lipinski definition) is 3. The number of nitrogens with zero attached hydrogens (tertiary/aromatic N) is 2. The Morgan fingerprint density at radius 2 is 2.10 bits per heavy atom. The minimum absolute atomic E-state index is 0.134. The third-order valence-electron chi connectivity index (χ3n) is 4.88. The van der Waals surface area contributed by atoms with E-state index < -0.39 is 5.91 Å². The van der Waals surface area contributed by atoms with E-state index in [9.17, 15) is 4.79 Å². The molecule has 1 amide bonds. The first kappa shape index (κ1) is 20.7. The van der Waals surface area contributed by atoms with Crippen molar-refractivity contribution < 1.29 is 13.9 Å². The van der Waals surface area contributed by atoms with Gasteiger partial charge >= 0.3 is 0 Å². The minimum Gasteiger partial charge on any atom is -0.484 e. The van der Waals surface area contributed by atoms with Crippen LogP contribution in [0.15, 0.2) is 52.1 Å². The molecule has 8 nitrogen and oxygen atoms in total. The smallest absolute Gasteiger partial charge is 0.255 e. The van der Waals surface area contributed by atoms with E-state index in [1.165, 1.54) is 12.8 Å². The van der Waals surface area contributed by atoms with Crippen LogP contribution in [0.2, 0.25) is 0 Å². The van der Waals surface area contributed by atoms with Crippen molar-refractivity contribution in [2.45, 2.75) is 25.4 Å². The predicted octanol–water partition coefficient (Wildman–Crippen LogP) is 1.65. The summed E-state index contributed by atoms with van der Waals surface area (Å²) in [4.78, 5) is 17.6. The monoisotopic (exact) mass is 399 g/mol. The van der Waals surface area contributed by atoms with Gasteiger partial charge in [0.1, 0.15) is 11.5 Å². The number of carbonyl (C=O) groups excluding carboxylic acids is 1. The van der Waals surface area contributed by atoms with E-state index in [-0.39, 0.29) is 12.6 Å². The van der Waals surface area contributed by atoms with Crippen LogP contribution >= 0.6 is 0 Å². The topological polar surface area (TPSA) is 105 Å². The van der Waals surface area contributed by atoms with E-state index in [1.54, 1.807) is 19.4 Å². The van der Waals surface area contributed by atoms with Crippen LogP contribution in [-0.2, 0) is 11.3 Å². The lowest BCUT2D eigenvalue weighted by Gasteiger charge is -2.26. The molecule has 1 fully saturated rings. The lowest BCUT2D eigenvalue weighted by molar-refractivity contribution is -0.119. The molecule has 1 unspecified atom stereocenters. The molecule has 3 rings (SSSR count). The van der Waals surface area contributed by atoms with E-state index in [0.717, 1.165) is 24.4 Å². The lowest BCUT2D eigenvalue weighted by Crippen LogP contribution is -2.42. The van der Waals surface area contributed by atoms with Gasteiger partial charge < -0.3 is 25.5 Å². The standard InChI is InChI=1S/C21H29N5O3/c1-23-21(24-13-16-6-4-7-17(12-16)29-15-20(22)27)25-14-18(19-8-5-11-28-19)26-9-2-3-10-26/h4-8,11-12,18H,2-3,9-10,13-15H2,1H3,(H2,22,27)(H2,23,24,25). The highest BCUT2D eigenvalue weighted by Crippen LogP contribution is 2.24. The molecule has 156 valence electrons. The van der Waals surface area contributed by atoms with E-state index >= 15 is 0 Å². The van der Waals surface area contributed by atoms with Crippen molar-refractivity contribution in [3.8, 4) is 5.75 Å². The fraction of sp³-hybridized carbons (Fsp3) is 0.429. The number of guanidine groups is 1. The summed E-state index contributed by atoms with van der Waals surface area (Å²) in [6, 6.07) is 11.7. The zero-order valence-corrected chi connectivity index (χ0v) is 16.8. The first-order valence-corrected chi connectivity index (χ1v) is 9.87. The quantitative estimate of drug-likeness (QED) is 0.437. The van der Waals surface area contributed by atoms with Gasteiger partial charge in [-0.3, -0.25) is 14.7 Å². The summed E-state index contributed by atoms with van der Waals surface area (Å²) in [6.07, 6.45) is 4.16. The maximum absolute atomic E-state index is 10.9. The third kappa shape index (κ3) is 6.25. The van der Waals surface area contributed by atoms with Crippen LogP contribution in [0.25, 0.3) is 0 Å². The third-order valence-corrected chi connectivity index (χ3v) is 4.88. The highest BCUT2D eigenvalue weighted by atomic mass is 16.5. The Morgan fingerprint density at radius 1 is 1.28 bits per heavy atom. The van der Waals surface area contributed by atoms with Crippen molar-refractivity contribution in [2.24, 2.45) is 10.7 Å². The van der Waals surface area contributed by atoms with Gasteiger partial charge in [-0.2, -0.15) is 0 Å². The van der Waals surface area contributed by atoms with Crippen LogP contribution in [0.1, 0.15) is 30.2 Å². The molecule has 2 heterocycles. The number of furan rings is 1. The molecule has 8 heteroatoms. The van der Waals surface area contributed by atoms with Crippen molar-refractivity contribution in [3.63, 3.8) is 0 Å². The second-order valence-electron chi connectivity index (χ2n) is 6.98. The van der Waals surface area contributed by atoms with Crippen molar-refractivity contribution in [1.82, 2.24) is 15.5 Å². The number of rotatable bonds is 9. The van der Waals surface area contributed by atoms with Crippen LogP contribution in [-0.4, -0.2) is 50.1 Å². The first-order chi connectivity index (χ1) is 14.2. The minimum atomic E-state index is -0.498. The molecule has 0 aliphatic carbocycles. The summed E-state index contributed by atoms with van der Waals surface area (Å²) in [6.45, 7) is 3.30. The van der Waals surface area contributed by atoms with Crippen LogP contribution in [0, 0.1) is 0 Å². The molecule has 1 aromatic carbocycles. The number of benzene rings is 1. The molecule has 0 spiro atoms. The van der Waals surface area contributed by atoms with E-state index in [1.807, 2.05) is 30.3 Å². The predicted molar refractivity (Wildman–Crippen MR) is 112 cm³/mol. The summed E-state index contributed by atoms with van der Waals surface area (Å²) < 4.78 is 11.0. The molecule has 1 atom stereocenters. The molecule has 2 aromatic rings. The Kier molecular flexibility index (Phi) is 7.52. The Balaban J connectivity index is 1.53. The van der Waals surface area contributed by atoms with Crippen molar-refractivity contribution in [2.75, 3.05) is 33.3 Å². The van der Waals surface area contributed by atoms with E-state index in [4.69, 9.17) is 14.9 Å². The van der Waals surface area contributed by atoms with Crippen LogP contribution in [0.3, 0.4) is 0 Å². The fourth-order valence-corrected chi connectivity index (χ4v) is 3.44. The maximum Gasteiger partial charge on any atom is 0.255 e. The highest BCUT2D eigenvalue weighted by molar-refractivity contribution is 5.79. The summed E-state index contributed by atoms with van der Waals surface area (Å²) in [5.41, 5.74) is 6.13. The lowest BCUT2D eigenvalue weighted by atomic mass is 10.2. The van der Waals surface area contributed by atoms with Gasteiger partial charge in [0.05, 0.1) is 12.3 Å². The molecule has 29 heavy (non-hydrogen) atoms. The summed E-state index contributed by atoms with van der Waals surface area (Å²) in [5, 5.41) is 6.72. The molecular weight excluding hydrogens is 370 g/mol. The Hall–Kier alpha value is -3.00. The van der Waals surface area contributed by atoms with Crippen molar-refractivity contribution in [1.29, 1.82) is 0 Å². The molecular formula is C21H29N5O3. The number of amides is 1. The molecule has 1 aliphatic rings. The highest BCUT2D eigenvalue weighted by Gasteiger charge is 2.25. The van der Waals surface area contributed by atoms with Gasteiger partial charge in [0.15, 0.2) is 12.6 Å². The van der Waals surface area contributed by atoms with Crippen molar-refractivity contribution >= 4 is 11.9 Å². The molecule has 0 saturated carbocycles.